The molecule has 0 aliphatic carbocycles. The first-order valence-electron chi connectivity index (χ1n) is 10.4. The number of benzene rings is 1. The minimum Gasteiger partial charge on any atom is -0.465 e. The quantitative estimate of drug-likeness (QED) is 0.494. The van der Waals surface area contributed by atoms with Crippen LogP contribution in [0.3, 0.4) is 0 Å². The van der Waals surface area contributed by atoms with Gasteiger partial charge in [0, 0.05) is 39.5 Å². The second-order valence-electron chi connectivity index (χ2n) is 7.79. The van der Waals surface area contributed by atoms with Gasteiger partial charge in [0.2, 0.25) is 0 Å². The van der Waals surface area contributed by atoms with Gasteiger partial charge in [-0.1, -0.05) is 12.1 Å². The van der Waals surface area contributed by atoms with Crippen molar-refractivity contribution in [1.82, 2.24) is 15.5 Å². The van der Waals surface area contributed by atoms with E-state index in [1.54, 1.807) is 13.1 Å². The van der Waals surface area contributed by atoms with Crippen molar-refractivity contribution in [2.75, 3.05) is 46.2 Å². The summed E-state index contributed by atoms with van der Waals surface area (Å²) in [6.07, 6.45) is 1.23. The molecule has 1 fully saturated rings. The molecule has 31 heavy (non-hydrogen) atoms. The molecular formula is C22H32N4O4S. The molecule has 2 aromatic rings. The van der Waals surface area contributed by atoms with E-state index < -0.39 is 9.84 Å². The third-order valence-corrected chi connectivity index (χ3v) is 6.62. The monoisotopic (exact) mass is 448 g/mol. The lowest BCUT2D eigenvalue weighted by Gasteiger charge is -2.33. The number of sulfone groups is 1. The first kappa shape index (κ1) is 23.3. The molecular weight excluding hydrogens is 416 g/mol. The summed E-state index contributed by atoms with van der Waals surface area (Å²) >= 11 is 0. The van der Waals surface area contributed by atoms with E-state index in [9.17, 15) is 8.42 Å². The Morgan fingerprint density at radius 2 is 1.90 bits per heavy atom. The van der Waals surface area contributed by atoms with Crippen molar-refractivity contribution in [3.63, 3.8) is 0 Å². The zero-order chi connectivity index (χ0) is 22.4. The number of hydrogen-bond acceptors (Lipinski definition) is 6. The van der Waals surface area contributed by atoms with Crippen molar-refractivity contribution < 1.29 is 17.6 Å². The van der Waals surface area contributed by atoms with Gasteiger partial charge in [-0.2, -0.15) is 0 Å². The molecule has 1 saturated heterocycles. The first-order valence-corrected chi connectivity index (χ1v) is 12.3. The molecule has 0 radical (unpaired) electrons. The van der Waals surface area contributed by atoms with Gasteiger partial charge >= 0.3 is 0 Å². The molecule has 170 valence electrons. The van der Waals surface area contributed by atoms with Gasteiger partial charge in [0.1, 0.15) is 11.5 Å². The molecule has 0 amide bonds. The highest BCUT2D eigenvalue weighted by Gasteiger charge is 2.25. The van der Waals surface area contributed by atoms with Gasteiger partial charge in [0.05, 0.1) is 24.2 Å². The number of furan rings is 1. The van der Waals surface area contributed by atoms with Crippen LogP contribution in [0.5, 0.6) is 0 Å². The molecule has 9 heteroatoms. The van der Waals surface area contributed by atoms with Crippen LogP contribution in [-0.2, 0) is 21.1 Å². The maximum atomic E-state index is 11.8. The molecule has 8 nitrogen and oxygen atoms in total. The van der Waals surface area contributed by atoms with Crippen LogP contribution < -0.4 is 10.6 Å². The summed E-state index contributed by atoms with van der Waals surface area (Å²) in [7, 11) is -1.49. The maximum absolute atomic E-state index is 11.8. The van der Waals surface area contributed by atoms with Crippen LogP contribution in [0.4, 0.5) is 0 Å². The Morgan fingerprint density at radius 1 is 1.16 bits per heavy atom. The standard InChI is InChI=1S/C22H32N4O4S/c1-16-13-18(6-8-21(16)31(4,27)28)14-24-22(23-3)25-15-19(20-7-5-17(2)30-20)26-9-11-29-12-10-26/h5-8,13,19H,9-12,14-15H2,1-4H3,(H2,23,24,25). The SMILES string of the molecule is CN=C(NCc1ccc(S(C)(=O)=O)c(C)c1)NCC(c1ccc(C)o1)N1CCOCC1. The molecule has 2 N–H and O–H groups in total. The number of aliphatic imine (C=N–C) groups is 1. The van der Waals surface area contributed by atoms with Crippen molar-refractivity contribution in [2.24, 2.45) is 4.99 Å². The highest BCUT2D eigenvalue weighted by molar-refractivity contribution is 7.90. The van der Waals surface area contributed by atoms with Gasteiger partial charge < -0.3 is 19.8 Å². The van der Waals surface area contributed by atoms with E-state index in [-0.39, 0.29) is 6.04 Å². The maximum Gasteiger partial charge on any atom is 0.191 e. The highest BCUT2D eigenvalue weighted by Crippen LogP contribution is 2.23. The zero-order valence-electron chi connectivity index (χ0n) is 18.6. The zero-order valence-corrected chi connectivity index (χ0v) is 19.5. The summed E-state index contributed by atoms with van der Waals surface area (Å²) in [6, 6.07) is 9.46. The fourth-order valence-electron chi connectivity index (χ4n) is 3.77. The Labute approximate surface area is 184 Å². The molecule has 0 bridgehead atoms. The summed E-state index contributed by atoms with van der Waals surface area (Å²) in [5, 5.41) is 6.70. The van der Waals surface area contributed by atoms with E-state index in [1.165, 1.54) is 6.26 Å². The Morgan fingerprint density at radius 3 is 2.48 bits per heavy atom. The van der Waals surface area contributed by atoms with Gasteiger partial charge in [-0.25, -0.2) is 8.42 Å². The molecule has 1 aromatic carbocycles. The predicted octanol–water partition coefficient (Wildman–Crippen LogP) is 2.04. The summed E-state index contributed by atoms with van der Waals surface area (Å²) in [5.41, 5.74) is 1.73. The van der Waals surface area contributed by atoms with Crippen LogP contribution in [0.2, 0.25) is 0 Å². The lowest BCUT2D eigenvalue weighted by atomic mass is 10.1. The van der Waals surface area contributed by atoms with Gasteiger partial charge in [-0.05, 0) is 43.2 Å². The highest BCUT2D eigenvalue weighted by atomic mass is 32.2. The molecule has 0 saturated carbocycles. The lowest BCUT2D eigenvalue weighted by Crippen LogP contribution is -2.46. The van der Waals surface area contributed by atoms with E-state index in [0.29, 0.717) is 37.2 Å². The number of hydrogen-bond donors (Lipinski definition) is 2. The first-order chi connectivity index (χ1) is 14.8. The number of guanidine groups is 1. The second kappa shape index (κ2) is 10.3. The molecule has 3 rings (SSSR count). The van der Waals surface area contributed by atoms with Crippen LogP contribution >= 0.6 is 0 Å². The molecule has 1 aliphatic heterocycles. The van der Waals surface area contributed by atoms with Crippen LogP contribution in [0.1, 0.15) is 28.7 Å². The van der Waals surface area contributed by atoms with E-state index in [0.717, 1.165) is 35.7 Å². The summed E-state index contributed by atoms with van der Waals surface area (Å²) < 4.78 is 35.0. The van der Waals surface area contributed by atoms with Crippen molar-refractivity contribution in [1.29, 1.82) is 0 Å². The van der Waals surface area contributed by atoms with E-state index in [1.807, 2.05) is 38.1 Å². The molecule has 1 aromatic heterocycles. The number of aryl methyl sites for hydroxylation is 2. The number of rotatable bonds is 7. The van der Waals surface area contributed by atoms with Crippen molar-refractivity contribution >= 4 is 15.8 Å². The minimum atomic E-state index is -3.22. The third-order valence-electron chi connectivity index (χ3n) is 5.36. The van der Waals surface area contributed by atoms with Gasteiger partial charge in [-0.3, -0.25) is 9.89 Å². The normalized spacial score (nSPS) is 16.8. The second-order valence-corrected chi connectivity index (χ2v) is 9.78. The average Bonchev–Trinajstić information content (AvgIpc) is 3.16. The summed E-state index contributed by atoms with van der Waals surface area (Å²) in [4.78, 5) is 7.04. The van der Waals surface area contributed by atoms with Crippen LogP contribution in [0.15, 0.2) is 44.6 Å². The van der Waals surface area contributed by atoms with Crippen LogP contribution in [0, 0.1) is 13.8 Å². The Balaban J connectivity index is 1.62. The van der Waals surface area contributed by atoms with E-state index in [4.69, 9.17) is 9.15 Å². The van der Waals surface area contributed by atoms with Crippen molar-refractivity contribution in [3.8, 4) is 0 Å². The fraction of sp³-hybridized carbons (Fsp3) is 0.500. The fourth-order valence-corrected chi connectivity index (χ4v) is 4.73. The summed E-state index contributed by atoms with van der Waals surface area (Å²) in [6.45, 7) is 8.06. The topological polar surface area (TPSA) is 96.2 Å². The molecule has 2 heterocycles. The van der Waals surface area contributed by atoms with Gasteiger partial charge in [-0.15, -0.1) is 0 Å². The lowest BCUT2D eigenvalue weighted by molar-refractivity contribution is 0.0124. The third kappa shape index (κ3) is 6.32. The molecule has 0 spiro atoms. The van der Waals surface area contributed by atoms with Crippen molar-refractivity contribution in [2.45, 2.75) is 31.3 Å². The number of nitrogens with zero attached hydrogens (tertiary/aromatic N) is 2. The minimum absolute atomic E-state index is 0.0763. The average molecular weight is 449 g/mol. The number of ether oxygens (including phenoxy) is 1. The van der Waals surface area contributed by atoms with E-state index in [2.05, 4.69) is 20.5 Å². The summed E-state index contributed by atoms with van der Waals surface area (Å²) in [5.74, 6) is 2.49. The molecule has 1 aliphatic rings. The Hall–Kier alpha value is -2.36. The number of nitrogens with one attached hydrogen (secondary N) is 2. The smallest absolute Gasteiger partial charge is 0.191 e. The Bertz CT molecular complexity index is 1010. The van der Waals surface area contributed by atoms with E-state index >= 15 is 0 Å². The van der Waals surface area contributed by atoms with Gasteiger partial charge in [0.25, 0.3) is 0 Å². The predicted molar refractivity (Wildman–Crippen MR) is 121 cm³/mol. The largest absolute Gasteiger partial charge is 0.465 e. The van der Waals surface area contributed by atoms with Gasteiger partial charge in [0.15, 0.2) is 15.8 Å². The van der Waals surface area contributed by atoms with Crippen LogP contribution in [-0.4, -0.2) is 65.4 Å². The Kier molecular flexibility index (Phi) is 7.74. The van der Waals surface area contributed by atoms with Crippen LogP contribution in [0.25, 0.3) is 0 Å². The van der Waals surface area contributed by atoms with Crippen molar-refractivity contribution in [3.05, 3.63) is 53.0 Å². The number of morpholine rings is 1. The molecule has 1 unspecified atom stereocenters. The molecule has 1 atom stereocenters.